The fraction of sp³-hybridized carbons (Fsp3) is 0. The first-order valence-corrected chi connectivity index (χ1v) is 8.06. The Labute approximate surface area is 148 Å². The maximum Gasteiger partial charge on any atom is 0.336 e. The molecule has 4 aromatic rings. The third-order valence-electron chi connectivity index (χ3n) is 4.51. The number of rotatable bonds is 3. The van der Waals surface area contributed by atoms with Crippen molar-refractivity contribution in [2.45, 2.75) is 0 Å². The standard InChI is InChI=1S/C22H14O4/c23-21(24)17-8-7-13-9-15(6-5-14(13)10-17)18-11-16-3-1-2-4-19(16)20(12-18)22(25)26/h1-12H,(H,23,24)(H,25,26). The first-order chi connectivity index (χ1) is 12.5. The van der Waals surface area contributed by atoms with E-state index in [0.29, 0.717) is 5.39 Å². The van der Waals surface area contributed by atoms with E-state index in [1.165, 1.54) is 0 Å². The summed E-state index contributed by atoms with van der Waals surface area (Å²) in [6.07, 6.45) is 0. The Bertz CT molecular complexity index is 1190. The molecule has 4 rings (SSSR count). The summed E-state index contributed by atoms with van der Waals surface area (Å²) in [5.74, 6) is -1.92. The molecule has 0 aliphatic heterocycles. The Morgan fingerprint density at radius 3 is 2.08 bits per heavy atom. The first kappa shape index (κ1) is 15.8. The number of benzene rings is 4. The molecule has 2 N–H and O–H groups in total. The summed E-state index contributed by atoms with van der Waals surface area (Å²) in [6, 6.07) is 21.7. The molecule has 4 heteroatoms. The number of carboxylic acid groups (broad SMARTS) is 2. The van der Waals surface area contributed by atoms with Gasteiger partial charge in [0, 0.05) is 0 Å². The molecule has 0 atom stereocenters. The van der Waals surface area contributed by atoms with Crippen molar-refractivity contribution in [1.82, 2.24) is 0 Å². The number of carbonyl (C=O) groups is 2. The minimum Gasteiger partial charge on any atom is -0.478 e. The van der Waals surface area contributed by atoms with Crippen molar-refractivity contribution in [2.24, 2.45) is 0 Å². The maximum atomic E-state index is 11.7. The second kappa shape index (κ2) is 6.01. The summed E-state index contributed by atoms with van der Waals surface area (Å²) in [6.45, 7) is 0. The molecule has 0 unspecified atom stereocenters. The number of carboxylic acids is 2. The molecule has 4 aromatic carbocycles. The van der Waals surface area contributed by atoms with Crippen LogP contribution >= 0.6 is 0 Å². The predicted molar refractivity (Wildman–Crippen MR) is 101 cm³/mol. The van der Waals surface area contributed by atoms with Gasteiger partial charge >= 0.3 is 11.9 Å². The highest BCUT2D eigenvalue weighted by Gasteiger charge is 2.12. The average Bonchev–Trinajstić information content (AvgIpc) is 2.66. The average molecular weight is 342 g/mol. The predicted octanol–water partition coefficient (Wildman–Crippen LogP) is 5.06. The van der Waals surface area contributed by atoms with E-state index >= 15 is 0 Å². The van der Waals surface area contributed by atoms with Crippen LogP contribution in [0.3, 0.4) is 0 Å². The Hall–Kier alpha value is -3.66. The van der Waals surface area contributed by atoms with Gasteiger partial charge in [0.15, 0.2) is 0 Å². The monoisotopic (exact) mass is 342 g/mol. The summed E-state index contributed by atoms with van der Waals surface area (Å²) < 4.78 is 0. The Balaban J connectivity index is 1.90. The quantitative estimate of drug-likeness (QED) is 0.546. The van der Waals surface area contributed by atoms with Crippen LogP contribution in [-0.2, 0) is 0 Å². The van der Waals surface area contributed by atoms with E-state index in [2.05, 4.69) is 0 Å². The van der Waals surface area contributed by atoms with E-state index in [9.17, 15) is 14.7 Å². The van der Waals surface area contributed by atoms with E-state index in [1.54, 1.807) is 30.3 Å². The van der Waals surface area contributed by atoms with Crippen LogP contribution in [0.15, 0.2) is 72.8 Å². The summed E-state index contributed by atoms with van der Waals surface area (Å²) >= 11 is 0. The number of hydrogen-bond donors (Lipinski definition) is 2. The van der Waals surface area contributed by atoms with Gasteiger partial charge in [-0.15, -0.1) is 0 Å². The molecule has 0 spiro atoms. The lowest BCUT2D eigenvalue weighted by Gasteiger charge is -2.09. The fourth-order valence-electron chi connectivity index (χ4n) is 3.21. The Kier molecular flexibility index (Phi) is 3.66. The minimum atomic E-state index is -0.963. The van der Waals surface area contributed by atoms with Crippen molar-refractivity contribution >= 4 is 33.5 Å². The molecule has 0 radical (unpaired) electrons. The molecule has 126 valence electrons. The van der Waals surface area contributed by atoms with E-state index in [4.69, 9.17) is 5.11 Å². The highest BCUT2D eigenvalue weighted by atomic mass is 16.4. The van der Waals surface area contributed by atoms with Gasteiger partial charge in [-0.25, -0.2) is 9.59 Å². The van der Waals surface area contributed by atoms with Crippen molar-refractivity contribution in [3.05, 3.63) is 83.9 Å². The topological polar surface area (TPSA) is 74.6 Å². The minimum absolute atomic E-state index is 0.240. The molecule has 0 saturated carbocycles. The second-order valence-corrected chi connectivity index (χ2v) is 6.13. The Morgan fingerprint density at radius 2 is 1.31 bits per heavy atom. The normalized spacial score (nSPS) is 10.9. The largest absolute Gasteiger partial charge is 0.478 e. The van der Waals surface area contributed by atoms with Crippen LogP contribution < -0.4 is 0 Å². The molecule has 0 aliphatic carbocycles. The molecule has 0 heterocycles. The van der Waals surface area contributed by atoms with Gasteiger partial charge in [0.1, 0.15) is 0 Å². The van der Waals surface area contributed by atoms with Crippen molar-refractivity contribution in [2.75, 3.05) is 0 Å². The van der Waals surface area contributed by atoms with Gasteiger partial charge in [0.05, 0.1) is 11.1 Å². The van der Waals surface area contributed by atoms with Crippen molar-refractivity contribution in [1.29, 1.82) is 0 Å². The molecule has 0 aromatic heterocycles. The SMILES string of the molecule is O=C(O)c1ccc2cc(-c3cc(C(=O)O)c4ccccc4c3)ccc2c1. The molecule has 0 amide bonds. The highest BCUT2D eigenvalue weighted by Crippen LogP contribution is 2.30. The van der Waals surface area contributed by atoms with Gasteiger partial charge < -0.3 is 10.2 Å². The van der Waals surface area contributed by atoms with Gasteiger partial charge in [-0.2, -0.15) is 0 Å². The molecular weight excluding hydrogens is 328 g/mol. The van der Waals surface area contributed by atoms with E-state index in [-0.39, 0.29) is 11.1 Å². The molecule has 26 heavy (non-hydrogen) atoms. The highest BCUT2D eigenvalue weighted by molar-refractivity contribution is 6.06. The van der Waals surface area contributed by atoms with Crippen LogP contribution in [0.2, 0.25) is 0 Å². The second-order valence-electron chi connectivity index (χ2n) is 6.13. The summed E-state index contributed by atoms with van der Waals surface area (Å²) in [5, 5.41) is 22.0. The zero-order valence-electron chi connectivity index (χ0n) is 13.6. The van der Waals surface area contributed by atoms with E-state index < -0.39 is 11.9 Å². The van der Waals surface area contributed by atoms with Gasteiger partial charge in [-0.1, -0.05) is 42.5 Å². The third-order valence-corrected chi connectivity index (χ3v) is 4.51. The molecule has 4 nitrogen and oxygen atoms in total. The summed E-state index contributed by atoms with van der Waals surface area (Å²) in [4.78, 5) is 22.8. The maximum absolute atomic E-state index is 11.7. The lowest BCUT2D eigenvalue weighted by molar-refractivity contribution is 0.0687. The van der Waals surface area contributed by atoms with E-state index in [1.807, 2.05) is 42.5 Å². The molecule has 0 aliphatic rings. The van der Waals surface area contributed by atoms with Crippen LogP contribution in [0.25, 0.3) is 32.7 Å². The number of aromatic carboxylic acids is 2. The smallest absolute Gasteiger partial charge is 0.336 e. The number of fused-ring (bicyclic) bond motifs is 2. The zero-order chi connectivity index (χ0) is 18.3. The van der Waals surface area contributed by atoms with Crippen LogP contribution in [0, 0.1) is 0 Å². The Morgan fingerprint density at radius 1 is 0.615 bits per heavy atom. The van der Waals surface area contributed by atoms with Gasteiger partial charge in [0.25, 0.3) is 0 Å². The van der Waals surface area contributed by atoms with Gasteiger partial charge in [-0.3, -0.25) is 0 Å². The van der Waals surface area contributed by atoms with Crippen LogP contribution in [-0.4, -0.2) is 22.2 Å². The third kappa shape index (κ3) is 2.67. The molecular formula is C22H14O4. The molecule has 0 saturated heterocycles. The van der Waals surface area contributed by atoms with Gasteiger partial charge in [-0.05, 0) is 63.0 Å². The summed E-state index contributed by atoms with van der Waals surface area (Å²) in [5.41, 5.74) is 2.20. The number of hydrogen-bond acceptors (Lipinski definition) is 2. The fourth-order valence-corrected chi connectivity index (χ4v) is 3.21. The molecule has 0 fully saturated rings. The van der Waals surface area contributed by atoms with Gasteiger partial charge in [0.2, 0.25) is 0 Å². The first-order valence-electron chi connectivity index (χ1n) is 8.06. The van der Waals surface area contributed by atoms with E-state index in [0.717, 1.165) is 27.3 Å². The van der Waals surface area contributed by atoms with Crippen LogP contribution in [0.4, 0.5) is 0 Å². The van der Waals surface area contributed by atoms with Crippen molar-refractivity contribution in [3.63, 3.8) is 0 Å². The zero-order valence-corrected chi connectivity index (χ0v) is 13.6. The van der Waals surface area contributed by atoms with Crippen LogP contribution in [0.1, 0.15) is 20.7 Å². The lowest BCUT2D eigenvalue weighted by Crippen LogP contribution is -1.98. The van der Waals surface area contributed by atoms with Crippen molar-refractivity contribution < 1.29 is 19.8 Å². The lowest BCUT2D eigenvalue weighted by atomic mass is 9.95. The molecule has 0 bridgehead atoms. The summed E-state index contributed by atoms with van der Waals surface area (Å²) in [7, 11) is 0. The van der Waals surface area contributed by atoms with Crippen molar-refractivity contribution in [3.8, 4) is 11.1 Å². The van der Waals surface area contributed by atoms with Crippen LogP contribution in [0.5, 0.6) is 0 Å².